The van der Waals surface area contributed by atoms with E-state index in [-0.39, 0.29) is 25.0 Å². The molecule has 128 valence electrons. The molecule has 1 aromatic rings. The van der Waals surface area contributed by atoms with E-state index in [1.165, 1.54) is 0 Å². The molecular weight excluding hydrogens is 311 g/mol. The van der Waals surface area contributed by atoms with Crippen LogP contribution < -0.4 is 5.32 Å². The summed E-state index contributed by atoms with van der Waals surface area (Å²) in [7, 11) is 0. The van der Waals surface area contributed by atoms with Crippen LogP contribution in [0.4, 0.5) is 18.9 Å². The normalized spacial score (nSPS) is 18.7. The van der Waals surface area contributed by atoms with Gasteiger partial charge >= 0.3 is 6.18 Å². The molecule has 1 aliphatic rings. The zero-order chi connectivity index (χ0) is 16.7. The fourth-order valence-electron chi connectivity index (χ4n) is 2.41. The number of ether oxygens (including phenoxy) is 2. The van der Waals surface area contributed by atoms with Crippen molar-refractivity contribution in [1.29, 1.82) is 0 Å². The number of halogens is 3. The first-order chi connectivity index (χ1) is 10.9. The van der Waals surface area contributed by atoms with Crippen molar-refractivity contribution >= 4 is 11.6 Å². The molecule has 1 amide bonds. The zero-order valence-corrected chi connectivity index (χ0v) is 12.7. The molecule has 1 aromatic carbocycles. The molecule has 0 aromatic heterocycles. The Balaban J connectivity index is 1.80. The van der Waals surface area contributed by atoms with E-state index < -0.39 is 12.8 Å². The first-order valence-corrected chi connectivity index (χ1v) is 7.57. The van der Waals surface area contributed by atoms with Gasteiger partial charge in [-0.15, -0.1) is 0 Å². The van der Waals surface area contributed by atoms with Crippen molar-refractivity contribution in [2.75, 3.05) is 18.5 Å². The predicted molar refractivity (Wildman–Crippen MR) is 79.0 cm³/mol. The first-order valence-electron chi connectivity index (χ1n) is 7.57. The van der Waals surface area contributed by atoms with E-state index in [4.69, 9.17) is 4.74 Å². The van der Waals surface area contributed by atoms with Crippen molar-refractivity contribution in [2.24, 2.45) is 0 Å². The molecule has 1 unspecified atom stereocenters. The number of hydrogen-bond donors (Lipinski definition) is 1. The number of rotatable bonds is 6. The molecule has 1 N–H and O–H groups in total. The lowest BCUT2D eigenvalue weighted by atomic mass is 10.1. The Labute approximate surface area is 133 Å². The maximum absolute atomic E-state index is 12.0. The van der Waals surface area contributed by atoms with Crippen LogP contribution in [0, 0.1) is 0 Å². The van der Waals surface area contributed by atoms with E-state index in [9.17, 15) is 18.0 Å². The van der Waals surface area contributed by atoms with Gasteiger partial charge in [-0.25, -0.2) is 0 Å². The summed E-state index contributed by atoms with van der Waals surface area (Å²) in [6.07, 6.45) is -1.15. The minimum absolute atomic E-state index is 0.0537. The summed E-state index contributed by atoms with van der Waals surface area (Å²) in [5.74, 6) is -0.162. The van der Waals surface area contributed by atoms with Gasteiger partial charge in [0, 0.05) is 12.3 Å². The highest BCUT2D eigenvalue weighted by Crippen LogP contribution is 2.19. The third-order valence-corrected chi connectivity index (χ3v) is 3.43. The smallest absolute Gasteiger partial charge is 0.378 e. The third kappa shape index (κ3) is 7.00. The van der Waals surface area contributed by atoms with Gasteiger partial charge in [-0.3, -0.25) is 4.79 Å². The van der Waals surface area contributed by atoms with Crippen LogP contribution in [0.15, 0.2) is 24.3 Å². The second-order valence-corrected chi connectivity index (χ2v) is 5.55. The molecule has 0 spiro atoms. The zero-order valence-electron chi connectivity index (χ0n) is 12.7. The molecule has 1 fully saturated rings. The molecule has 23 heavy (non-hydrogen) atoms. The molecule has 1 saturated heterocycles. The molecule has 7 heteroatoms. The van der Waals surface area contributed by atoms with Crippen LogP contribution in [0.1, 0.15) is 31.2 Å². The van der Waals surface area contributed by atoms with Crippen LogP contribution in [0.25, 0.3) is 0 Å². The second-order valence-electron chi connectivity index (χ2n) is 5.55. The first kappa shape index (κ1) is 17.7. The molecular formula is C16H20F3NO3. The molecule has 1 heterocycles. The van der Waals surface area contributed by atoms with Crippen molar-refractivity contribution in [3.63, 3.8) is 0 Å². The van der Waals surface area contributed by atoms with Crippen molar-refractivity contribution in [2.45, 2.75) is 44.6 Å². The summed E-state index contributed by atoms with van der Waals surface area (Å²) in [6, 6.07) is 6.61. The Hall–Kier alpha value is -1.60. The van der Waals surface area contributed by atoms with Crippen LogP contribution in [0.3, 0.4) is 0 Å². The molecule has 2 rings (SSSR count). The molecule has 0 bridgehead atoms. The number of benzene rings is 1. The quantitative estimate of drug-likeness (QED) is 0.865. The summed E-state index contributed by atoms with van der Waals surface area (Å²) in [6.45, 7) is -0.762. The van der Waals surface area contributed by atoms with Gasteiger partial charge in [0.05, 0.1) is 19.1 Å². The summed E-state index contributed by atoms with van der Waals surface area (Å²) in [4.78, 5) is 12.0. The topological polar surface area (TPSA) is 47.6 Å². The highest BCUT2D eigenvalue weighted by Gasteiger charge is 2.27. The lowest BCUT2D eigenvalue weighted by Crippen LogP contribution is -2.25. The fraction of sp³-hybridized carbons (Fsp3) is 0.562. The van der Waals surface area contributed by atoms with Gasteiger partial charge in [0.25, 0.3) is 0 Å². The number of carbonyl (C=O) groups excluding carboxylic acids is 1. The summed E-state index contributed by atoms with van der Waals surface area (Å²) < 4.78 is 46.2. The van der Waals surface area contributed by atoms with E-state index in [1.54, 1.807) is 24.3 Å². The van der Waals surface area contributed by atoms with Gasteiger partial charge in [0.15, 0.2) is 0 Å². The van der Waals surface area contributed by atoms with Crippen LogP contribution in [-0.2, 0) is 20.9 Å². The predicted octanol–water partition coefficient (Wildman–Crippen LogP) is 3.66. The number of nitrogens with one attached hydrogen (secondary N) is 1. The highest BCUT2D eigenvalue weighted by molar-refractivity contribution is 5.91. The fourth-order valence-corrected chi connectivity index (χ4v) is 2.41. The van der Waals surface area contributed by atoms with Gasteiger partial charge in [0.2, 0.25) is 5.91 Å². The maximum Gasteiger partial charge on any atom is 0.411 e. The molecule has 0 aliphatic carbocycles. The molecule has 4 nitrogen and oxygen atoms in total. The van der Waals surface area contributed by atoms with Gasteiger partial charge < -0.3 is 14.8 Å². The van der Waals surface area contributed by atoms with Gasteiger partial charge in [0.1, 0.15) is 6.61 Å². The summed E-state index contributed by atoms with van der Waals surface area (Å²) in [5.41, 5.74) is 1.11. The maximum atomic E-state index is 12.0. The minimum Gasteiger partial charge on any atom is -0.378 e. The molecule has 0 saturated carbocycles. The largest absolute Gasteiger partial charge is 0.411 e. The van der Waals surface area contributed by atoms with E-state index in [0.29, 0.717) is 17.9 Å². The van der Waals surface area contributed by atoms with E-state index in [2.05, 4.69) is 10.1 Å². The summed E-state index contributed by atoms with van der Waals surface area (Å²) >= 11 is 0. The van der Waals surface area contributed by atoms with Crippen LogP contribution in [-0.4, -0.2) is 31.4 Å². The average molecular weight is 331 g/mol. The van der Waals surface area contributed by atoms with Crippen molar-refractivity contribution in [3.05, 3.63) is 29.8 Å². The number of anilines is 1. The van der Waals surface area contributed by atoms with Gasteiger partial charge in [-0.2, -0.15) is 13.2 Å². The van der Waals surface area contributed by atoms with Crippen molar-refractivity contribution in [1.82, 2.24) is 0 Å². The Morgan fingerprint density at radius 1 is 1.35 bits per heavy atom. The number of alkyl halides is 3. The Kier molecular flexibility index (Phi) is 6.41. The number of carbonyl (C=O) groups is 1. The average Bonchev–Trinajstić information content (AvgIpc) is 2.47. The lowest BCUT2D eigenvalue weighted by Gasteiger charge is -2.22. The van der Waals surface area contributed by atoms with Gasteiger partial charge in [-0.05, 0) is 37.0 Å². The highest BCUT2D eigenvalue weighted by atomic mass is 19.4. The Morgan fingerprint density at radius 3 is 2.87 bits per heavy atom. The monoisotopic (exact) mass is 331 g/mol. The lowest BCUT2D eigenvalue weighted by molar-refractivity contribution is -0.176. The SMILES string of the molecule is O=C(CC1CCCCO1)Nc1cccc(COCC(F)(F)F)c1. The van der Waals surface area contributed by atoms with Crippen molar-refractivity contribution in [3.8, 4) is 0 Å². The minimum atomic E-state index is -4.34. The van der Waals surface area contributed by atoms with Crippen molar-refractivity contribution < 1.29 is 27.4 Å². The second kappa shape index (κ2) is 8.31. The van der Waals surface area contributed by atoms with E-state index in [0.717, 1.165) is 19.3 Å². The summed E-state index contributed by atoms with van der Waals surface area (Å²) in [5, 5.41) is 2.74. The standard InChI is InChI=1S/C16H20F3NO3/c17-16(18,19)11-22-10-12-4-3-5-13(8-12)20-15(21)9-14-6-1-2-7-23-14/h3-5,8,14H,1-2,6-7,9-11H2,(H,20,21). The van der Waals surface area contributed by atoms with E-state index >= 15 is 0 Å². The van der Waals surface area contributed by atoms with Crippen LogP contribution >= 0.6 is 0 Å². The Morgan fingerprint density at radius 2 is 2.17 bits per heavy atom. The number of amides is 1. The van der Waals surface area contributed by atoms with Crippen LogP contribution in [0.5, 0.6) is 0 Å². The molecule has 1 aliphatic heterocycles. The number of hydrogen-bond acceptors (Lipinski definition) is 3. The van der Waals surface area contributed by atoms with Gasteiger partial charge in [-0.1, -0.05) is 12.1 Å². The van der Waals surface area contributed by atoms with E-state index in [1.807, 2.05) is 0 Å². The Bertz CT molecular complexity index is 514. The van der Waals surface area contributed by atoms with Crippen LogP contribution in [0.2, 0.25) is 0 Å². The molecule has 1 atom stereocenters. The molecule has 0 radical (unpaired) electrons. The third-order valence-electron chi connectivity index (χ3n) is 3.43.